The Morgan fingerprint density at radius 1 is 1.41 bits per heavy atom. The normalized spacial score (nSPS) is 22.1. The zero-order valence-corrected chi connectivity index (χ0v) is 11.4. The Kier molecular flexibility index (Phi) is 7.25. The van der Waals surface area contributed by atoms with Gasteiger partial charge in [-0.1, -0.05) is 39.5 Å². The Hall–Kier alpha value is -0.570. The maximum Gasteiger partial charge on any atom is 0.237 e. The summed E-state index contributed by atoms with van der Waals surface area (Å²) >= 11 is 0. The SMILES string of the molecule is CCCCC(CC)CNC(=O)C1CCCCN1. The number of amides is 1. The molecule has 0 aliphatic carbocycles. The molecule has 17 heavy (non-hydrogen) atoms. The molecule has 1 heterocycles. The van der Waals surface area contributed by atoms with Crippen molar-refractivity contribution in [2.45, 2.75) is 64.8 Å². The minimum atomic E-state index is 0.0624. The molecule has 0 spiro atoms. The zero-order valence-electron chi connectivity index (χ0n) is 11.4. The predicted molar refractivity (Wildman–Crippen MR) is 72.0 cm³/mol. The molecule has 2 N–H and O–H groups in total. The third kappa shape index (κ3) is 5.53. The lowest BCUT2D eigenvalue weighted by molar-refractivity contribution is -0.123. The Balaban J connectivity index is 2.20. The van der Waals surface area contributed by atoms with Gasteiger partial charge in [0.05, 0.1) is 6.04 Å². The largest absolute Gasteiger partial charge is 0.354 e. The molecule has 100 valence electrons. The van der Waals surface area contributed by atoms with E-state index in [2.05, 4.69) is 24.5 Å². The van der Waals surface area contributed by atoms with Gasteiger partial charge in [0.2, 0.25) is 5.91 Å². The van der Waals surface area contributed by atoms with E-state index in [1.54, 1.807) is 0 Å². The van der Waals surface area contributed by atoms with E-state index in [1.165, 1.54) is 38.5 Å². The van der Waals surface area contributed by atoms with Gasteiger partial charge in [-0.25, -0.2) is 0 Å². The molecule has 1 saturated heterocycles. The average molecular weight is 240 g/mol. The molecule has 1 fully saturated rings. The van der Waals surface area contributed by atoms with Crippen LogP contribution in [-0.4, -0.2) is 25.0 Å². The highest BCUT2D eigenvalue weighted by Crippen LogP contribution is 2.12. The van der Waals surface area contributed by atoms with E-state index in [-0.39, 0.29) is 11.9 Å². The molecule has 3 heteroatoms. The van der Waals surface area contributed by atoms with Crippen molar-refractivity contribution >= 4 is 5.91 Å². The van der Waals surface area contributed by atoms with Crippen LogP contribution in [-0.2, 0) is 4.79 Å². The first-order valence-corrected chi connectivity index (χ1v) is 7.29. The number of piperidine rings is 1. The standard InChI is InChI=1S/C14H28N2O/c1-3-5-8-12(4-2)11-16-14(17)13-9-6-7-10-15-13/h12-13,15H,3-11H2,1-2H3,(H,16,17). The number of hydrogen-bond acceptors (Lipinski definition) is 2. The lowest BCUT2D eigenvalue weighted by Gasteiger charge is -2.24. The minimum absolute atomic E-state index is 0.0624. The molecule has 0 radical (unpaired) electrons. The monoisotopic (exact) mass is 240 g/mol. The van der Waals surface area contributed by atoms with Gasteiger partial charge in [0, 0.05) is 6.54 Å². The topological polar surface area (TPSA) is 41.1 Å². The summed E-state index contributed by atoms with van der Waals surface area (Å²) in [6, 6.07) is 0.0624. The van der Waals surface area contributed by atoms with E-state index in [4.69, 9.17) is 0 Å². The fourth-order valence-corrected chi connectivity index (χ4v) is 2.39. The fraction of sp³-hybridized carbons (Fsp3) is 0.929. The first-order chi connectivity index (χ1) is 8.27. The molecule has 0 aromatic heterocycles. The Morgan fingerprint density at radius 3 is 2.82 bits per heavy atom. The maximum atomic E-state index is 11.9. The first-order valence-electron chi connectivity index (χ1n) is 7.29. The van der Waals surface area contributed by atoms with Crippen LogP contribution in [0.5, 0.6) is 0 Å². The summed E-state index contributed by atoms with van der Waals surface area (Å²) in [6.07, 6.45) is 8.31. The second kappa shape index (κ2) is 8.51. The molecular formula is C14H28N2O. The third-order valence-electron chi connectivity index (χ3n) is 3.74. The fourth-order valence-electron chi connectivity index (χ4n) is 2.39. The van der Waals surface area contributed by atoms with Gasteiger partial charge in [0.15, 0.2) is 0 Å². The van der Waals surface area contributed by atoms with E-state index >= 15 is 0 Å². The van der Waals surface area contributed by atoms with Gasteiger partial charge >= 0.3 is 0 Å². The summed E-state index contributed by atoms with van der Waals surface area (Å²) in [5, 5.41) is 6.40. The Bertz CT molecular complexity index is 212. The van der Waals surface area contributed by atoms with Crippen LogP contribution in [0.25, 0.3) is 0 Å². The van der Waals surface area contributed by atoms with Crippen molar-refractivity contribution in [2.75, 3.05) is 13.1 Å². The zero-order chi connectivity index (χ0) is 12.5. The van der Waals surface area contributed by atoms with Crippen molar-refractivity contribution in [3.8, 4) is 0 Å². The number of carbonyl (C=O) groups is 1. The molecule has 0 aromatic carbocycles. The summed E-state index contributed by atoms with van der Waals surface area (Å²) in [6.45, 7) is 6.28. The smallest absolute Gasteiger partial charge is 0.237 e. The van der Waals surface area contributed by atoms with Crippen LogP contribution in [0.3, 0.4) is 0 Å². The van der Waals surface area contributed by atoms with E-state index in [0.29, 0.717) is 5.92 Å². The highest BCUT2D eigenvalue weighted by Gasteiger charge is 2.20. The summed E-state index contributed by atoms with van der Waals surface area (Å²) in [5.74, 6) is 0.863. The van der Waals surface area contributed by atoms with E-state index < -0.39 is 0 Å². The number of hydrogen-bond donors (Lipinski definition) is 2. The molecule has 0 saturated carbocycles. The second-order valence-corrected chi connectivity index (χ2v) is 5.16. The lowest BCUT2D eigenvalue weighted by Crippen LogP contribution is -2.47. The van der Waals surface area contributed by atoms with Crippen LogP contribution in [0.4, 0.5) is 0 Å². The molecule has 0 aromatic rings. The average Bonchev–Trinajstić information content (AvgIpc) is 2.39. The van der Waals surface area contributed by atoms with Crippen molar-refractivity contribution in [2.24, 2.45) is 5.92 Å². The Morgan fingerprint density at radius 2 is 2.24 bits per heavy atom. The molecule has 0 bridgehead atoms. The lowest BCUT2D eigenvalue weighted by atomic mass is 9.99. The van der Waals surface area contributed by atoms with Gasteiger partial charge in [0.25, 0.3) is 0 Å². The molecule has 3 nitrogen and oxygen atoms in total. The van der Waals surface area contributed by atoms with Gasteiger partial charge in [-0.15, -0.1) is 0 Å². The molecule has 1 rings (SSSR count). The number of carbonyl (C=O) groups excluding carboxylic acids is 1. The van der Waals surface area contributed by atoms with E-state index in [9.17, 15) is 4.79 Å². The molecule has 1 amide bonds. The van der Waals surface area contributed by atoms with Crippen molar-refractivity contribution in [3.63, 3.8) is 0 Å². The van der Waals surface area contributed by atoms with E-state index in [1.807, 2.05) is 0 Å². The quantitative estimate of drug-likeness (QED) is 0.718. The maximum absolute atomic E-state index is 11.9. The van der Waals surface area contributed by atoms with Gasteiger partial charge in [-0.3, -0.25) is 4.79 Å². The molecule has 1 aliphatic heterocycles. The highest BCUT2D eigenvalue weighted by molar-refractivity contribution is 5.81. The van der Waals surface area contributed by atoms with Crippen molar-refractivity contribution in [1.29, 1.82) is 0 Å². The number of nitrogens with one attached hydrogen (secondary N) is 2. The molecular weight excluding hydrogens is 212 g/mol. The van der Waals surface area contributed by atoms with Crippen LogP contribution in [0, 0.1) is 5.92 Å². The summed E-state index contributed by atoms with van der Waals surface area (Å²) in [7, 11) is 0. The van der Waals surface area contributed by atoms with Crippen LogP contribution in [0.1, 0.15) is 58.8 Å². The van der Waals surface area contributed by atoms with Crippen LogP contribution in [0.2, 0.25) is 0 Å². The summed E-state index contributed by atoms with van der Waals surface area (Å²) in [5.41, 5.74) is 0. The molecule has 2 unspecified atom stereocenters. The van der Waals surface area contributed by atoms with Gasteiger partial charge < -0.3 is 10.6 Å². The van der Waals surface area contributed by atoms with Crippen LogP contribution in [0.15, 0.2) is 0 Å². The summed E-state index contributed by atoms with van der Waals surface area (Å²) in [4.78, 5) is 11.9. The van der Waals surface area contributed by atoms with Crippen LogP contribution >= 0.6 is 0 Å². The highest BCUT2D eigenvalue weighted by atomic mass is 16.2. The second-order valence-electron chi connectivity index (χ2n) is 5.16. The molecule has 1 aliphatic rings. The van der Waals surface area contributed by atoms with Crippen LogP contribution < -0.4 is 10.6 Å². The first kappa shape index (κ1) is 14.5. The van der Waals surface area contributed by atoms with Crippen molar-refractivity contribution in [3.05, 3.63) is 0 Å². The summed E-state index contributed by atoms with van der Waals surface area (Å²) < 4.78 is 0. The minimum Gasteiger partial charge on any atom is -0.354 e. The van der Waals surface area contributed by atoms with Crippen molar-refractivity contribution < 1.29 is 4.79 Å². The number of rotatable bonds is 7. The van der Waals surface area contributed by atoms with Gasteiger partial charge in [-0.05, 0) is 31.7 Å². The Labute approximate surface area is 106 Å². The number of unbranched alkanes of at least 4 members (excludes halogenated alkanes) is 1. The molecule has 2 atom stereocenters. The van der Waals surface area contributed by atoms with Crippen molar-refractivity contribution in [1.82, 2.24) is 10.6 Å². The van der Waals surface area contributed by atoms with Gasteiger partial charge in [0.1, 0.15) is 0 Å². The van der Waals surface area contributed by atoms with E-state index in [0.717, 1.165) is 19.5 Å². The van der Waals surface area contributed by atoms with Gasteiger partial charge in [-0.2, -0.15) is 0 Å². The third-order valence-corrected chi connectivity index (χ3v) is 3.74. The predicted octanol–water partition coefficient (Wildman–Crippen LogP) is 2.46.